The molecule has 0 fully saturated rings. The summed E-state index contributed by atoms with van der Waals surface area (Å²) in [4.78, 5) is 28.9. The van der Waals surface area contributed by atoms with E-state index in [4.69, 9.17) is 4.74 Å². The number of nitrogens with one attached hydrogen (secondary N) is 2. The number of nitrogens with zero attached hydrogens (tertiary/aromatic N) is 1. The molecule has 140 valence electrons. The van der Waals surface area contributed by atoms with Crippen LogP contribution in [-0.4, -0.2) is 23.4 Å². The summed E-state index contributed by atoms with van der Waals surface area (Å²) in [7, 11) is 0. The zero-order valence-electron chi connectivity index (χ0n) is 15.1. The summed E-state index contributed by atoms with van der Waals surface area (Å²) in [5, 5.41) is 5.64. The molecule has 1 aliphatic heterocycles. The number of aromatic nitrogens is 1. The Morgan fingerprint density at radius 2 is 1.75 bits per heavy atom. The molecule has 1 aliphatic rings. The molecule has 0 saturated heterocycles. The zero-order valence-corrected chi connectivity index (χ0v) is 15.1. The van der Waals surface area contributed by atoms with Gasteiger partial charge in [0.1, 0.15) is 0 Å². The van der Waals surface area contributed by atoms with Crippen molar-refractivity contribution >= 4 is 23.2 Å². The molecule has 6 heteroatoms. The van der Waals surface area contributed by atoms with Gasteiger partial charge in [0.05, 0.1) is 18.5 Å². The molecule has 2 amide bonds. The standard InChI is InChI=1S/C22H19N3O3/c26-21(25-18-5-3-12-23-14-18)16-7-9-17(10-8-16)24-22(27)20-19-6-2-1-4-15(19)11-13-28-20/h1-10,12,14,20H,11,13H2,(H,24,27)(H,25,26). The largest absolute Gasteiger partial charge is 0.363 e. The number of fused-ring (bicyclic) bond motifs is 1. The van der Waals surface area contributed by atoms with Crippen molar-refractivity contribution in [3.63, 3.8) is 0 Å². The van der Waals surface area contributed by atoms with Gasteiger partial charge in [-0.25, -0.2) is 0 Å². The number of anilines is 2. The summed E-state index contributed by atoms with van der Waals surface area (Å²) >= 11 is 0. The molecule has 1 atom stereocenters. The van der Waals surface area contributed by atoms with Gasteiger partial charge in [-0.1, -0.05) is 24.3 Å². The van der Waals surface area contributed by atoms with Gasteiger partial charge in [-0.05, 0) is 53.9 Å². The minimum absolute atomic E-state index is 0.222. The Bertz CT molecular complexity index is 987. The van der Waals surface area contributed by atoms with E-state index < -0.39 is 6.10 Å². The van der Waals surface area contributed by atoms with E-state index in [0.29, 0.717) is 23.5 Å². The molecule has 0 spiro atoms. The first-order valence-corrected chi connectivity index (χ1v) is 9.02. The normalized spacial score (nSPS) is 15.4. The number of amides is 2. The second-order valence-corrected chi connectivity index (χ2v) is 6.46. The monoisotopic (exact) mass is 373 g/mol. The molecule has 0 radical (unpaired) electrons. The highest BCUT2D eigenvalue weighted by molar-refractivity contribution is 6.04. The van der Waals surface area contributed by atoms with Crippen LogP contribution >= 0.6 is 0 Å². The minimum Gasteiger partial charge on any atom is -0.363 e. The van der Waals surface area contributed by atoms with Gasteiger partial charge < -0.3 is 15.4 Å². The summed E-state index contributed by atoms with van der Waals surface area (Å²) in [6, 6.07) is 18.1. The van der Waals surface area contributed by atoms with Crippen LogP contribution in [0.4, 0.5) is 11.4 Å². The summed E-state index contributed by atoms with van der Waals surface area (Å²) in [6.45, 7) is 0.516. The second-order valence-electron chi connectivity index (χ2n) is 6.46. The highest BCUT2D eigenvalue weighted by Gasteiger charge is 2.27. The van der Waals surface area contributed by atoms with Crippen molar-refractivity contribution in [3.05, 3.63) is 89.7 Å². The number of hydrogen-bond donors (Lipinski definition) is 2. The van der Waals surface area contributed by atoms with Crippen molar-refractivity contribution in [2.45, 2.75) is 12.5 Å². The fourth-order valence-corrected chi connectivity index (χ4v) is 3.16. The highest BCUT2D eigenvalue weighted by Crippen LogP contribution is 2.28. The van der Waals surface area contributed by atoms with E-state index in [9.17, 15) is 9.59 Å². The molecule has 1 unspecified atom stereocenters. The number of hydrogen-bond acceptors (Lipinski definition) is 4. The number of ether oxygens (including phenoxy) is 1. The summed E-state index contributed by atoms with van der Waals surface area (Å²) in [5.41, 5.74) is 3.75. The Balaban J connectivity index is 1.42. The lowest BCUT2D eigenvalue weighted by atomic mass is 9.97. The van der Waals surface area contributed by atoms with Crippen molar-refractivity contribution in [1.82, 2.24) is 4.98 Å². The Labute approximate surface area is 162 Å². The average molecular weight is 373 g/mol. The maximum atomic E-state index is 12.7. The Morgan fingerprint density at radius 1 is 0.929 bits per heavy atom. The third-order valence-corrected chi connectivity index (χ3v) is 4.57. The fourth-order valence-electron chi connectivity index (χ4n) is 3.16. The molecule has 1 aromatic heterocycles. The molecule has 4 rings (SSSR count). The van der Waals surface area contributed by atoms with Crippen molar-refractivity contribution in [3.8, 4) is 0 Å². The summed E-state index contributed by atoms with van der Waals surface area (Å²) in [5.74, 6) is -0.463. The minimum atomic E-state index is -0.626. The van der Waals surface area contributed by atoms with Crippen LogP contribution < -0.4 is 10.6 Å². The number of carbonyl (C=O) groups is 2. The quantitative estimate of drug-likeness (QED) is 0.732. The van der Waals surface area contributed by atoms with Crippen LogP contribution in [0.1, 0.15) is 27.6 Å². The smallest absolute Gasteiger partial charge is 0.258 e. The van der Waals surface area contributed by atoms with E-state index in [1.165, 1.54) is 0 Å². The third-order valence-electron chi connectivity index (χ3n) is 4.57. The zero-order chi connectivity index (χ0) is 19.3. The first-order valence-electron chi connectivity index (χ1n) is 9.02. The third kappa shape index (κ3) is 3.92. The number of pyridine rings is 1. The number of rotatable bonds is 4. The van der Waals surface area contributed by atoms with Gasteiger partial charge in [0, 0.05) is 17.4 Å². The molecule has 0 saturated carbocycles. The van der Waals surface area contributed by atoms with E-state index in [0.717, 1.165) is 17.5 Å². The van der Waals surface area contributed by atoms with Gasteiger partial charge >= 0.3 is 0 Å². The predicted molar refractivity (Wildman–Crippen MR) is 106 cm³/mol. The molecule has 6 nitrogen and oxygen atoms in total. The van der Waals surface area contributed by atoms with Crippen LogP contribution in [0.25, 0.3) is 0 Å². The molecule has 2 N–H and O–H groups in total. The van der Waals surface area contributed by atoms with Crippen LogP contribution in [0.15, 0.2) is 73.1 Å². The second kappa shape index (κ2) is 8.02. The van der Waals surface area contributed by atoms with Crippen molar-refractivity contribution in [2.24, 2.45) is 0 Å². The molecule has 3 aromatic rings. The van der Waals surface area contributed by atoms with E-state index >= 15 is 0 Å². The lowest BCUT2D eigenvalue weighted by Crippen LogP contribution is -2.28. The first-order chi connectivity index (χ1) is 13.7. The molecule has 0 bridgehead atoms. The van der Waals surface area contributed by atoms with Gasteiger partial charge in [-0.15, -0.1) is 0 Å². The van der Waals surface area contributed by atoms with Gasteiger partial charge in [-0.2, -0.15) is 0 Å². The van der Waals surface area contributed by atoms with Crippen molar-refractivity contribution < 1.29 is 14.3 Å². The van der Waals surface area contributed by atoms with Crippen LogP contribution in [0.3, 0.4) is 0 Å². The van der Waals surface area contributed by atoms with Crippen LogP contribution in [-0.2, 0) is 16.0 Å². The van der Waals surface area contributed by atoms with Gasteiger partial charge in [-0.3, -0.25) is 14.6 Å². The predicted octanol–water partition coefficient (Wildman–Crippen LogP) is 3.59. The highest BCUT2D eigenvalue weighted by atomic mass is 16.5. The topological polar surface area (TPSA) is 80.3 Å². The summed E-state index contributed by atoms with van der Waals surface area (Å²) < 4.78 is 5.68. The average Bonchev–Trinajstić information content (AvgIpc) is 2.74. The molecule has 2 aromatic carbocycles. The van der Waals surface area contributed by atoms with Crippen LogP contribution in [0.2, 0.25) is 0 Å². The van der Waals surface area contributed by atoms with E-state index in [1.807, 2.05) is 24.3 Å². The van der Waals surface area contributed by atoms with Gasteiger partial charge in [0.25, 0.3) is 11.8 Å². The Hall–Kier alpha value is -3.51. The Morgan fingerprint density at radius 3 is 2.54 bits per heavy atom. The van der Waals surface area contributed by atoms with Crippen LogP contribution in [0, 0.1) is 0 Å². The van der Waals surface area contributed by atoms with E-state index in [1.54, 1.807) is 48.8 Å². The molecule has 0 aliphatic carbocycles. The maximum absolute atomic E-state index is 12.7. The number of benzene rings is 2. The maximum Gasteiger partial charge on any atom is 0.258 e. The first kappa shape index (κ1) is 17.9. The fraction of sp³-hybridized carbons (Fsp3) is 0.136. The van der Waals surface area contributed by atoms with Crippen molar-refractivity contribution in [1.29, 1.82) is 0 Å². The molecular formula is C22H19N3O3. The van der Waals surface area contributed by atoms with E-state index in [-0.39, 0.29) is 11.8 Å². The molecular weight excluding hydrogens is 354 g/mol. The van der Waals surface area contributed by atoms with Crippen LogP contribution in [0.5, 0.6) is 0 Å². The van der Waals surface area contributed by atoms with Gasteiger partial charge in [0.15, 0.2) is 6.10 Å². The van der Waals surface area contributed by atoms with Crippen molar-refractivity contribution in [2.75, 3.05) is 17.2 Å². The number of carbonyl (C=O) groups excluding carboxylic acids is 2. The lowest BCUT2D eigenvalue weighted by molar-refractivity contribution is -0.128. The molecule has 2 heterocycles. The SMILES string of the molecule is O=C(Nc1cccnc1)c1ccc(NC(=O)C2OCCc3ccccc32)cc1. The Kier molecular flexibility index (Phi) is 5.12. The summed E-state index contributed by atoms with van der Waals surface area (Å²) in [6.07, 6.45) is 3.40. The van der Waals surface area contributed by atoms with E-state index in [2.05, 4.69) is 15.6 Å². The van der Waals surface area contributed by atoms with Gasteiger partial charge in [0.2, 0.25) is 0 Å². The molecule has 28 heavy (non-hydrogen) atoms. The lowest BCUT2D eigenvalue weighted by Gasteiger charge is -2.25.